The highest BCUT2D eigenvalue weighted by Gasteiger charge is 2.35. The first kappa shape index (κ1) is 30.3. The first-order valence-corrected chi connectivity index (χ1v) is 14.6. The Kier molecular flexibility index (Phi) is 8.33. The molecule has 0 aliphatic carbocycles. The molecule has 0 spiro atoms. The SMILES string of the molecule is CC(C)CNc1cc2c(cc1C(F)(F)F)NC(=O)CC(c1cccc(-c3cccc(S(=O)(=O)NC(C)(C)C)c3)c1)=N2. The van der Waals surface area contributed by atoms with E-state index in [0.29, 0.717) is 28.9 Å². The molecule has 1 aliphatic heterocycles. The van der Waals surface area contributed by atoms with Crippen molar-refractivity contribution in [2.24, 2.45) is 10.9 Å². The molecule has 0 aromatic heterocycles. The van der Waals surface area contributed by atoms with Crippen LogP contribution in [0.2, 0.25) is 0 Å². The maximum absolute atomic E-state index is 13.8. The topological polar surface area (TPSA) is 99.7 Å². The van der Waals surface area contributed by atoms with E-state index in [1.807, 2.05) is 13.8 Å². The van der Waals surface area contributed by atoms with Gasteiger partial charge in [-0.2, -0.15) is 13.2 Å². The van der Waals surface area contributed by atoms with Crippen LogP contribution in [0.25, 0.3) is 11.1 Å². The molecule has 11 heteroatoms. The second-order valence-electron chi connectivity index (χ2n) is 11.4. The second-order valence-corrected chi connectivity index (χ2v) is 13.1. The zero-order valence-corrected chi connectivity index (χ0v) is 24.3. The van der Waals surface area contributed by atoms with Crippen molar-refractivity contribution in [3.8, 4) is 11.1 Å². The molecule has 1 aliphatic rings. The smallest absolute Gasteiger partial charge is 0.384 e. The van der Waals surface area contributed by atoms with Gasteiger partial charge in [-0.3, -0.25) is 9.79 Å². The number of rotatable bonds is 7. The van der Waals surface area contributed by atoms with Crippen molar-refractivity contribution in [3.63, 3.8) is 0 Å². The fraction of sp³-hybridized carbons (Fsp3) is 0.333. The van der Waals surface area contributed by atoms with E-state index >= 15 is 0 Å². The number of carbonyl (C=O) groups excluding carboxylic acids is 1. The van der Waals surface area contributed by atoms with Gasteiger partial charge in [0.05, 0.1) is 34.0 Å². The van der Waals surface area contributed by atoms with Crippen LogP contribution >= 0.6 is 0 Å². The molecule has 41 heavy (non-hydrogen) atoms. The van der Waals surface area contributed by atoms with Gasteiger partial charge >= 0.3 is 6.18 Å². The van der Waals surface area contributed by atoms with Crippen molar-refractivity contribution in [1.82, 2.24) is 4.72 Å². The molecule has 3 aromatic carbocycles. The molecule has 7 nitrogen and oxygen atoms in total. The van der Waals surface area contributed by atoms with E-state index in [0.717, 1.165) is 6.07 Å². The minimum atomic E-state index is -4.63. The van der Waals surface area contributed by atoms with E-state index in [4.69, 9.17) is 0 Å². The van der Waals surface area contributed by atoms with Gasteiger partial charge < -0.3 is 10.6 Å². The van der Waals surface area contributed by atoms with Crippen LogP contribution in [0.15, 0.2) is 70.6 Å². The number of aliphatic imine (C=N–C) groups is 1. The number of nitrogens with one attached hydrogen (secondary N) is 3. The predicted molar refractivity (Wildman–Crippen MR) is 156 cm³/mol. The van der Waals surface area contributed by atoms with Gasteiger partial charge in [0.25, 0.3) is 0 Å². The van der Waals surface area contributed by atoms with Gasteiger partial charge in [0.2, 0.25) is 15.9 Å². The van der Waals surface area contributed by atoms with Gasteiger partial charge in [0.15, 0.2) is 0 Å². The first-order valence-electron chi connectivity index (χ1n) is 13.1. The van der Waals surface area contributed by atoms with Crippen LogP contribution in [0.4, 0.5) is 30.2 Å². The molecule has 0 atom stereocenters. The van der Waals surface area contributed by atoms with Crippen molar-refractivity contribution >= 4 is 38.7 Å². The molecule has 3 N–H and O–H groups in total. The van der Waals surface area contributed by atoms with Crippen LogP contribution in [0.5, 0.6) is 0 Å². The van der Waals surface area contributed by atoms with Crippen molar-refractivity contribution in [1.29, 1.82) is 0 Å². The fourth-order valence-electron chi connectivity index (χ4n) is 4.36. The summed E-state index contributed by atoms with van der Waals surface area (Å²) in [6, 6.07) is 15.8. The van der Waals surface area contributed by atoms with E-state index < -0.39 is 33.2 Å². The maximum Gasteiger partial charge on any atom is 0.418 e. The zero-order valence-electron chi connectivity index (χ0n) is 23.5. The maximum atomic E-state index is 13.8. The Hall–Kier alpha value is -3.70. The van der Waals surface area contributed by atoms with Gasteiger partial charge in [-0.05, 0) is 73.7 Å². The molecule has 0 fully saturated rings. The summed E-state index contributed by atoms with van der Waals surface area (Å²) in [5.41, 5.74) is 0.818. The third kappa shape index (κ3) is 7.53. The summed E-state index contributed by atoms with van der Waals surface area (Å²) in [6.07, 6.45) is -4.78. The van der Waals surface area contributed by atoms with Gasteiger partial charge in [0, 0.05) is 17.8 Å². The number of amides is 1. The Morgan fingerprint density at radius 3 is 2.22 bits per heavy atom. The van der Waals surface area contributed by atoms with Crippen LogP contribution in [0.1, 0.15) is 52.2 Å². The lowest BCUT2D eigenvalue weighted by atomic mass is 9.99. The van der Waals surface area contributed by atoms with Gasteiger partial charge in [-0.15, -0.1) is 0 Å². The normalized spacial score (nSPS) is 14.3. The molecule has 3 aromatic rings. The molecular weight excluding hydrogens is 553 g/mol. The number of halogens is 3. The number of carbonyl (C=O) groups is 1. The molecule has 0 unspecified atom stereocenters. The summed E-state index contributed by atoms with van der Waals surface area (Å²) in [5, 5.41) is 5.42. The lowest BCUT2D eigenvalue weighted by Gasteiger charge is -2.20. The minimum absolute atomic E-state index is 0.0205. The summed E-state index contributed by atoms with van der Waals surface area (Å²) in [5.74, 6) is -0.389. The molecule has 0 radical (unpaired) electrons. The largest absolute Gasteiger partial charge is 0.418 e. The number of nitrogens with zero attached hydrogens (tertiary/aromatic N) is 1. The highest BCUT2D eigenvalue weighted by atomic mass is 32.2. The zero-order chi connectivity index (χ0) is 30.2. The van der Waals surface area contributed by atoms with Crippen molar-refractivity contribution in [2.75, 3.05) is 17.2 Å². The Labute approximate surface area is 238 Å². The third-order valence-corrected chi connectivity index (χ3v) is 7.87. The summed E-state index contributed by atoms with van der Waals surface area (Å²) in [7, 11) is -3.77. The van der Waals surface area contributed by atoms with E-state index in [2.05, 4.69) is 20.3 Å². The second kappa shape index (κ2) is 11.3. The Balaban J connectivity index is 1.76. The van der Waals surface area contributed by atoms with Gasteiger partial charge in [-0.1, -0.05) is 44.2 Å². The standard InChI is InChI=1S/C30H33F3N4O3S/c1-18(2)17-34-25-15-27-26(14-23(25)30(31,32)33)36-28(38)16-24(35-27)21-10-6-8-19(12-21)20-9-7-11-22(13-20)41(39,40)37-29(3,4)5/h6-15,18,34,37H,16-17H2,1-5H3,(H,36,38). The van der Waals surface area contributed by atoms with E-state index in [9.17, 15) is 26.4 Å². The third-order valence-electron chi connectivity index (χ3n) is 6.11. The summed E-state index contributed by atoms with van der Waals surface area (Å²) < 4.78 is 69.9. The number of anilines is 2. The molecule has 1 amide bonds. The summed E-state index contributed by atoms with van der Waals surface area (Å²) >= 11 is 0. The van der Waals surface area contributed by atoms with E-state index in [1.165, 1.54) is 12.1 Å². The number of hydrogen-bond donors (Lipinski definition) is 3. The molecular formula is C30H33F3N4O3S. The average Bonchev–Trinajstić information content (AvgIpc) is 3.02. The Morgan fingerprint density at radius 1 is 0.951 bits per heavy atom. The van der Waals surface area contributed by atoms with Crippen molar-refractivity contribution < 1.29 is 26.4 Å². The number of fused-ring (bicyclic) bond motifs is 1. The first-order chi connectivity index (χ1) is 19.0. The molecule has 4 rings (SSSR count). The number of benzene rings is 3. The minimum Gasteiger partial charge on any atom is -0.384 e. The highest BCUT2D eigenvalue weighted by Crippen LogP contribution is 2.42. The number of alkyl halides is 3. The van der Waals surface area contributed by atoms with Crippen LogP contribution in [-0.4, -0.2) is 32.1 Å². The highest BCUT2D eigenvalue weighted by molar-refractivity contribution is 7.89. The fourth-order valence-corrected chi connectivity index (χ4v) is 5.82. The van der Waals surface area contributed by atoms with Gasteiger partial charge in [-0.25, -0.2) is 13.1 Å². The van der Waals surface area contributed by atoms with Crippen LogP contribution in [-0.2, 0) is 21.0 Å². The van der Waals surface area contributed by atoms with E-state index in [-0.39, 0.29) is 34.3 Å². The molecule has 0 saturated carbocycles. The van der Waals surface area contributed by atoms with Crippen molar-refractivity contribution in [3.05, 3.63) is 71.8 Å². The quantitative estimate of drug-likeness (QED) is 0.278. The van der Waals surface area contributed by atoms with Crippen LogP contribution in [0, 0.1) is 5.92 Å². The number of hydrogen-bond acceptors (Lipinski definition) is 5. The van der Waals surface area contributed by atoms with Gasteiger partial charge in [0.1, 0.15) is 0 Å². The van der Waals surface area contributed by atoms with Crippen molar-refractivity contribution in [2.45, 2.75) is 57.7 Å². The molecule has 0 saturated heterocycles. The van der Waals surface area contributed by atoms with E-state index in [1.54, 1.807) is 63.2 Å². The van der Waals surface area contributed by atoms with Crippen LogP contribution < -0.4 is 15.4 Å². The summed E-state index contributed by atoms with van der Waals surface area (Å²) in [6.45, 7) is 9.37. The summed E-state index contributed by atoms with van der Waals surface area (Å²) in [4.78, 5) is 17.5. The lowest BCUT2D eigenvalue weighted by molar-refractivity contribution is -0.137. The lowest BCUT2D eigenvalue weighted by Crippen LogP contribution is -2.40. The monoisotopic (exact) mass is 586 g/mol. The molecule has 218 valence electrons. The Bertz CT molecular complexity index is 1610. The molecule has 0 bridgehead atoms. The average molecular weight is 587 g/mol. The number of sulfonamides is 1. The predicted octanol–water partition coefficient (Wildman–Crippen LogP) is 6.98. The molecule has 1 heterocycles. The van der Waals surface area contributed by atoms with Crippen LogP contribution in [0.3, 0.4) is 0 Å². The Morgan fingerprint density at radius 2 is 1.59 bits per heavy atom.